The van der Waals surface area contributed by atoms with Crippen LogP contribution in [0, 0.1) is 13.8 Å². The molecule has 0 radical (unpaired) electrons. The van der Waals surface area contributed by atoms with Crippen molar-refractivity contribution in [3.63, 3.8) is 0 Å². The van der Waals surface area contributed by atoms with Gasteiger partial charge in [0.2, 0.25) is 0 Å². The highest BCUT2D eigenvalue weighted by Gasteiger charge is 2.26. The molecule has 1 aromatic carbocycles. The lowest BCUT2D eigenvalue weighted by atomic mass is 10.1. The second kappa shape index (κ2) is 8.23. The minimum atomic E-state index is -0.422. The van der Waals surface area contributed by atoms with E-state index in [0.717, 1.165) is 30.0 Å². The Morgan fingerprint density at radius 1 is 1.21 bits per heavy atom. The molecule has 152 valence electrons. The lowest BCUT2D eigenvalue weighted by molar-refractivity contribution is 0.0117. The highest BCUT2D eigenvalue weighted by Crippen LogP contribution is 2.23. The molecule has 0 aliphatic carbocycles. The van der Waals surface area contributed by atoms with Crippen LogP contribution in [0.25, 0.3) is 11.0 Å². The standard InChI is InChI=1S/C22H24N2O5/c1-14-5-6-16-18(25)12-20(29-21(16)15(14)2)22(26)23-13-17(19-4-3-9-28-19)24-7-10-27-11-8-24/h3-6,9,12,17H,7-8,10-11,13H2,1-2H3,(H,23,26). The van der Waals surface area contributed by atoms with Gasteiger partial charge < -0.3 is 18.9 Å². The average Bonchev–Trinajstić information content (AvgIpc) is 3.26. The van der Waals surface area contributed by atoms with Gasteiger partial charge in [0.05, 0.1) is 30.9 Å². The van der Waals surface area contributed by atoms with Gasteiger partial charge in [0.25, 0.3) is 5.91 Å². The van der Waals surface area contributed by atoms with Gasteiger partial charge in [-0.1, -0.05) is 6.07 Å². The molecule has 1 aliphatic heterocycles. The van der Waals surface area contributed by atoms with Gasteiger partial charge in [0.1, 0.15) is 11.3 Å². The fraction of sp³-hybridized carbons (Fsp3) is 0.364. The summed E-state index contributed by atoms with van der Waals surface area (Å²) in [7, 11) is 0. The van der Waals surface area contributed by atoms with Crippen molar-refractivity contribution in [2.45, 2.75) is 19.9 Å². The van der Waals surface area contributed by atoms with Crippen LogP contribution in [0.5, 0.6) is 0 Å². The van der Waals surface area contributed by atoms with E-state index in [2.05, 4.69) is 10.2 Å². The van der Waals surface area contributed by atoms with E-state index in [1.54, 1.807) is 12.3 Å². The number of hydrogen-bond acceptors (Lipinski definition) is 6. The molecule has 1 atom stereocenters. The number of amides is 1. The van der Waals surface area contributed by atoms with E-state index in [1.165, 1.54) is 6.07 Å². The monoisotopic (exact) mass is 396 g/mol. The molecule has 1 unspecified atom stereocenters. The molecule has 0 spiro atoms. The maximum absolute atomic E-state index is 12.8. The van der Waals surface area contributed by atoms with Gasteiger partial charge in [-0.2, -0.15) is 0 Å². The number of rotatable bonds is 5. The average molecular weight is 396 g/mol. The summed E-state index contributed by atoms with van der Waals surface area (Å²) < 4.78 is 16.8. The first-order valence-electron chi connectivity index (χ1n) is 9.72. The molecule has 3 heterocycles. The lowest BCUT2D eigenvalue weighted by Crippen LogP contribution is -2.43. The van der Waals surface area contributed by atoms with Crippen LogP contribution in [0.1, 0.15) is 33.5 Å². The number of nitrogens with zero attached hydrogens (tertiary/aromatic N) is 1. The zero-order valence-corrected chi connectivity index (χ0v) is 16.6. The molecule has 1 fully saturated rings. The van der Waals surface area contributed by atoms with Crippen LogP contribution in [0.15, 0.2) is 50.2 Å². The van der Waals surface area contributed by atoms with Gasteiger partial charge >= 0.3 is 0 Å². The topological polar surface area (TPSA) is 84.9 Å². The Balaban J connectivity index is 1.56. The van der Waals surface area contributed by atoms with Gasteiger partial charge in [-0.15, -0.1) is 0 Å². The molecular weight excluding hydrogens is 372 g/mol. The summed E-state index contributed by atoms with van der Waals surface area (Å²) >= 11 is 0. The third kappa shape index (κ3) is 3.97. The molecule has 4 rings (SSSR count). The molecule has 3 aromatic rings. The summed E-state index contributed by atoms with van der Waals surface area (Å²) in [6.45, 7) is 6.95. The highest BCUT2D eigenvalue weighted by molar-refractivity contribution is 5.93. The zero-order valence-electron chi connectivity index (χ0n) is 16.6. The number of benzene rings is 1. The maximum atomic E-state index is 12.8. The Hall–Kier alpha value is -2.90. The highest BCUT2D eigenvalue weighted by atomic mass is 16.5. The van der Waals surface area contributed by atoms with Crippen LogP contribution in [0.2, 0.25) is 0 Å². The Morgan fingerprint density at radius 3 is 2.72 bits per heavy atom. The number of nitrogens with one attached hydrogen (secondary N) is 1. The largest absolute Gasteiger partial charge is 0.468 e. The van der Waals surface area contributed by atoms with E-state index in [9.17, 15) is 9.59 Å². The van der Waals surface area contributed by atoms with Gasteiger partial charge in [-0.25, -0.2) is 0 Å². The van der Waals surface area contributed by atoms with Gasteiger partial charge in [-0.3, -0.25) is 14.5 Å². The number of ether oxygens (including phenoxy) is 1. The summed E-state index contributed by atoms with van der Waals surface area (Å²) in [4.78, 5) is 27.5. The van der Waals surface area contributed by atoms with Crippen molar-refractivity contribution < 1.29 is 18.4 Å². The van der Waals surface area contributed by atoms with Crippen molar-refractivity contribution >= 4 is 16.9 Å². The third-order valence-electron chi connectivity index (χ3n) is 5.45. The van der Waals surface area contributed by atoms with Crippen molar-refractivity contribution in [3.05, 3.63) is 69.5 Å². The molecule has 0 saturated carbocycles. The second-order valence-corrected chi connectivity index (χ2v) is 7.25. The number of morpholine rings is 1. The van der Waals surface area contributed by atoms with Crippen molar-refractivity contribution in [1.29, 1.82) is 0 Å². The van der Waals surface area contributed by atoms with Crippen LogP contribution in [0.3, 0.4) is 0 Å². The first-order valence-corrected chi connectivity index (χ1v) is 9.72. The van der Waals surface area contributed by atoms with Crippen molar-refractivity contribution in [2.75, 3.05) is 32.8 Å². The Bertz CT molecular complexity index is 1060. The SMILES string of the molecule is Cc1ccc2c(=O)cc(C(=O)NCC(c3ccco3)N3CCOCC3)oc2c1C. The number of furan rings is 1. The van der Waals surface area contributed by atoms with E-state index in [0.29, 0.717) is 30.7 Å². The zero-order chi connectivity index (χ0) is 20.4. The van der Waals surface area contributed by atoms with Gasteiger partial charge in [-0.05, 0) is 43.2 Å². The van der Waals surface area contributed by atoms with Gasteiger partial charge in [0.15, 0.2) is 11.2 Å². The van der Waals surface area contributed by atoms with Crippen LogP contribution in [0.4, 0.5) is 0 Å². The summed E-state index contributed by atoms with van der Waals surface area (Å²) in [5.41, 5.74) is 2.09. The summed E-state index contributed by atoms with van der Waals surface area (Å²) in [6, 6.07) is 8.48. The minimum Gasteiger partial charge on any atom is -0.468 e. The molecule has 29 heavy (non-hydrogen) atoms. The van der Waals surface area contributed by atoms with Crippen LogP contribution < -0.4 is 10.7 Å². The first kappa shape index (κ1) is 19.4. The molecule has 1 amide bonds. The van der Waals surface area contributed by atoms with E-state index in [1.807, 2.05) is 32.0 Å². The molecule has 1 aliphatic rings. The predicted octanol–water partition coefficient (Wildman–Crippen LogP) is 2.81. The summed E-state index contributed by atoms with van der Waals surface area (Å²) in [5, 5.41) is 3.37. The molecule has 1 N–H and O–H groups in total. The van der Waals surface area contributed by atoms with E-state index >= 15 is 0 Å². The minimum absolute atomic E-state index is 0.0105. The summed E-state index contributed by atoms with van der Waals surface area (Å²) in [5.74, 6) is 0.365. The van der Waals surface area contributed by atoms with Gasteiger partial charge in [0, 0.05) is 25.7 Å². The molecule has 1 saturated heterocycles. The number of hydrogen-bond donors (Lipinski definition) is 1. The van der Waals surface area contributed by atoms with Crippen LogP contribution in [-0.4, -0.2) is 43.7 Å². The fourth-order valence-electron chi connectivity index (χ4n) is 3.62. The lowest BCUT2D eigenvalue weighted by Gasteiger charge is -2.33. The number of carbonyl (C=O) groups is 1. The Kier molecular flexibility index (Phi) is 5.51. The van der Waals surface area contributed by atoms with Crippen LogP contribution in [-0.2, 0) is 4.74 Å². The number of carbonyl (C=O) groups excluding carboxylic acids is 1. The maximum Gasteiger partial charge on any atom is 0.287 e. The molecule has 7 heteroatoms. The van der Waals surface area contributed by atoms with Crippen LogP contribution >= 0.6 is 0 Å². The normalized spacial score (nSPS) is 16.1. The molecule has 7 nitrogen and oxygen atoms in total. The van der Waals surface area contributed by atoms with Crippen molar-refractivity contribution in [3.8, 4) is 0 Å². The number of fused-ring (bicyclic) bond motifs is 1. The number of aryl methyl sites for hydroxylation is 2. The second-order valence-electron chi connectivity index (χ2n) is 7.25. The van der Waals surface area contributed by atoms with E-state index in [4.69, 9.17) is 13.6 Å². The van der Waals surface area contributed by atoms with Crippen molar-refractivity contribution in [1.82, 2.24) is 10.2 Å². The van der Waals surface area contributed by atoms with E-state index in [-0.39, 0.29) is 17.2 Å². The fourth-order valence-corrected chi connectivity index (χ4v) is 3.62. The molecule has 0 bridgehead atoms. The molecular formula is C22H24N2O5. The third-order valence-corrected chi connectivity index (χ3v) is 5.45. The summed E-state index contributed by atoms with van der Waals surface area (Å²) in [6.07, 6.45) is 1.62. The first-order chi connectivity index (χ1) is 14.0. The quantitative estimate of drug-likeness (QED) is 0.714. The molecule has 2 aromatic heterocycles. The van der Waals surface area contributed by atoms with E-state index < -0.39 is 5.91 Å². The Labute approximate surface area is 168 Å². The smallest absolute Gasteiger partial charge is 0.287 e. The predicted molar refractivity (Wildman–Crippen MR) is 108 cm³/mol. The Morgan fingerprint density at radius 2 is 2.00 bits per heavy atom. The van der Waals surface area contributed by atoms with Crippen molar-refractivity contribution in [2.24, 2.45) is 0 Å².